The highest BCUT2D eigenvalue weighted by Crippen LogP contribution is 2.23. The molecule has 0 aromatic heterocycles. The number of aliphatic hydroxyl groups excluding tert-OH is 2. The highest BCUT2D eigenvalue weighted by atomic mass is 16.7. The first-order valence-electron chi connectivity index (χ1n) is 11.7. The van der Waals surface area contributed by atoms with Gasteiger partial charge in [0.1, 0.15) is 23.9 Å². The lowest BCUT2D eigenvalue weighted by molar-refractivity contribution is -0.244. The number of carbonyl (C=O) groups is 1. The van der Waals surface area contributed by atoms with Gasteiger partial charge in [0, 0.05) is 45.2 Å². The summed E-state index contributed by atoms with van der Waals surface area (Å²) in [7, 11) is 5.39. The Morgan fingerprint density at radius 3 is 2.65 bits per heavy atom. The summed E-state index contributed by atoms with van der Waals surface area (Å²) in [5.41, 5.74) is 7.91. The summed E-state index contributed by atoms with van der Waals surface area (Å²) < 4.78 is 10.7. The monoisotopic (exact) mass is 510 g/mol. The fraction of sp³-hybridized carbons (Fsp3) is 0.385. The number of rotatable bonds is 9. The number of amides is 1. The number of hydrazine groups is 1. The van der Waals surface area contributed by atoms with E-state index in [2.05, 4.69) is 11.4 Å². The van der Waals surface area contributed by atoms with Gasteiger partial charge < -0.3 is 40.6 Å². The summed E-state index contributed by atoms with van der Waals surface area (Å²) in [6.45, 7) is -0.0396. The van der Waals surface area contributed by atoms with Crippen molar-refractivity contribution in [3.05, 3.63) is 59.4 Å². The van der Waals surface area contributed by atoms with Crippen LogP contribution in [0.3, 0.4) is 0 Å². The number of anilines is 1. The molecule has 1 aliphatic heterocycles. The van der Waals surface area contributed by atoms with E-state index in [4.69, 9.17) is 21.1 Å². The Labute approximate surface area is 216 Å². The lowest BCUT2D eigenvalue weighted by Gasteiger charge is -2.37. The van der Waals surface area contributed by atoms with Gasteiger partial charge in [-0.05, 0) is 40.6 Å². The number of carbonyl (C=O) groups excluding carboxylic acids is 1. The molecule has 2 aromatic carbocycles. The number of nitrogens with zero attached hydrogens (tertiary/aromatic N) is 3. The molecule has 11 nitrogen and oxygen atoms in total. The van der Waals surface area contributed by atoms with Crippen LogP contribution in [0.2, 0.25) is 0 Å². The minimum atomic E-state index is -1.14. The Morgan fingerprint density at radius 2 is 1.97 bits per heavy atom. The molecule has 1 fully saturated rings. The summed E-state index contributed by atoms with van der Waals surface area (Å²) >= 11 is 0. The van der Waals surface area contributed by atoms with Crippen molar-refractivity contribution < 1.29 is 24.5 Å². The minimum absolute atomic E-state index is 0.0219. The zero-order chi connectivity index (χ0) is 27.1. The number of nitrogens with two attached hydrogens (primary N) is 2. The minimum Gasteiger partial charge on any atom is -0.399 e. The van der Waals surface area contributed by atoms with Crippen LogP contribution in [0.5, 0.6) is 0 Å². The van der Waals surface area contributed by atoms with Gasteiger partial charge in [-0.25, -0.2) is 5.84 Å². The molecule has 2 aromatic rings. The standard InChI is InChI=1S/C26H34N6O5/c1-31(2)21-7-6-17-8-16(4-5-18(17)10-21)9-19(12-27)26(35)30-13-20(28)14-32(29)15-23-25(34)22(33)11-24(36-3)37-23/h4-10,14,22-25,33-34H,11,13,15,28-29H2,1-3H3,(H,30,35)/b19-9+,20-14-/t22?,23?,24-,25-/m0/s1. The van der Waals surface area contributed by atoms with Crippen molar-refractivity contribution in [3.8, 4) is 6.07 Å². The molecule has 7 N–H and O–H groups in total. The van der Waals surface area contributed by atoms with Gasteiger partial charge in [0.05, 0.1) is 19.2 Å². The Bertz CT molecular complexity index is 1210. The summed E-state index contributed by atoms with van der Waals surface area (Å²) in [6.07, 6.45) is -0.571. The largest absolute Gasteiger partial charge is 0.399 e. The molecule has 0 aliphatic carbocycles. The summed E-state index contributed by atoms with van der Waals surface area (Å²) in [5, 5.41) is 35.5. The van der Waals surface area contributed by atoms with Crippen molar-refractivity contribution in [2.75, 3.05) is 39.2 Å². The first kappa shape index (κ1) is 27.9. The van der Waals surface area contributed by atoms with Gasteiger partial charge in [-0.1, -0.05) is 18.2 Å². The first-order chi connectivity index (χ1) is 17.6. The van der Waals surface area contributed by atoms with Crippen LogP contribution in [0, 0.1) is 11.3 Å². The molecule has 1 heterocycles. The van der Waals surface area contributed by atoms with E-state index in [1.165, 1.54) is 24.4 Å². The van der Waals surface area contributed by atoms with Crippen LogP contribution in [-0.2, 0) is 14.3 Å². The van der Waals surface area contributed by atoms with Crippen LogP contribution >= 0.6 is 0 Å². The second-order valence-corrected chi connectivity index (χ2v) is 9.07. The van der Waals surface area contributed by atoms with Gasteiger partial charge in [0.15, 0.2) is 6.29 Å². The smallest absolute Gasteiger partial charge is 0.262 e. The number of hydrogen-bond acceptors (Lipinski definition) is 10. The van der Waals surface area contributed by atoms with E-state index in [0.29, 0.717) is 0 Å². The molecule has 1 saturated heterocycles. The molecule has 2 unspecified atom stereocenters. The van der Waals surface area contributed by atoms with Crippen molar-refractivity contribution in [3.63, 3.8) is 0 Å². The zero-order valence-electron chi connectivity index (χ0n) is 21.2. The quantitative estimate of drug-likeness (QED) is 0.138. The summed E-state index contributed by atoms with van der Waals surface area (Å²) in [4.78, 5) is 14.6. The lowest BCUT2D eigenvalue weighted by atomic mass is 10.0. The van der Waals surface area contributed by atoms with E-state index < -0.39 is 30.5 Å². The Kier molecular flexibility index (Phi) is 9.46. The van der Waals surface area contributed by atoms with Gasteiger partial charge >= 0.3 is 0 Å². The number of nitriles is 1. The summed E-state index contributed by atoms with van der Waals surface area (Å²) in [6, 6.07) is 13.7. The molecular formula is C26H34N6O5. The maximum absolute atomic E-state index is 12.6. The molecule has 0 bridgehead atoms. The lowest BCUT2D eigenvalue weighted by Crippen LogP contribution is -2.53. The predicted octanol–water partition coefficient (Wildman–Crippen LogP) is 0.388. The predicted molar refractivity (Wildman–Crippen MR) is 140 cm³/mol. The molecule has 1 aliphatic rings. The molecule has 198 valence electrons. The molecular weight excluding hydrogens is 476 g/mol. The zero-order valence-corrected chi connectivity index (χ0v) is 21.2. The first-order valence-corrected chi connectivity index (χ1v) is 11.7. The van der Waals surface area contributed by atoms with E-state index in [1.807, 2.05) is 55.4 Å². The SMILES string of the molecule is CO[C@@H]1CC(O)[C@H](O)C(CN(N)/C=C(\N)CNC(=O)/C(C#N)=C/c2ccc3cc(N(C)C)ccc3c2)O1. The number of benzene rings is 2. The van der Waals surface area contributed by atoms with Crippen LogP contribution in [0.25, 0.3) is 16.8 Å². The highest BCUT2D eigenvalue weighted by Gasteiger charge is 2.37. The summed E-state index contributed by atoms with van der Waals surface area (Å²) in [5.74, 6) is 5.37. The van der Waals surface area contributed by atoms with E-state index in [-0.39, 0.29) is 30.8 Å². The third-order valence-electron chi connectivity index (χ3n) is 6.01. The van der Waals surface area contributed by atoms with E-state index in [0.717, 1.165) is 22.0 Å². The van der Waals surface area contributed by atoms with Gasteiger partial charge in [0.2, 0.25) is 0 Å². The fourth-order valence-electron chi connectivity index (χ4n) is 3.95. The van der Waals surface area contributed by atoms with Gasteiger partial charge in [-0.15, -0.1) is 0 Å². The van der Waals surface area contributed by atoms with Crippen molar-refractivity contribution >= 4 is 28.4 Å². The second kappa shape index (κ2) is 12.5. The van der Waals surface area contributed by atoms with Gasteiger partial charge in [-0.2, -0.15) is 5.26 Å². The number of aliphatic hydroxyl groups is 2. The molecule has 11 heteroatoms. The van der Waals surface area contributed by atoms with E-state index in [9.17, 15) is 20.3 Å². The average molecular weight is 511 g/mol. The molecule has 4 atom stereocenters. The molecule has 37 heavy (non-hydrogen) atoms. The van der Waals surface area contributed by atoms with Crippen molar-refractivity contribution in [2.24, 2.45) is 11.6 Å². The van der Waals surface area contributed by atoms with Crippen LogP contribution in [0.4, 0.5) is 5.69 Å². The van der Waals surface area contributed by atoms with Crippen molar-refractivity contribution in [2.45, 2.75) is 31.0 Å². The van der Waals surface area contributed by atoms with Crippen molar-refractivity contribution in [1.29, 1.82) is 5.26 Å². The molecule has 3 rings (SSSR count). The molecule has 0 saturated carbocycles. The van der Waals surface area contributed by atoms with Crippen LogP contribution in [-0.4, -0.2) is 80.0 Å². The van der Waals surface area contributed by atoms with Crippen molar-refractivity contribution in [1.82, 2.24) is 10.3 Å². The second-order valence-electron chi connectivity index (χ2n) is 9.07. The Morgan fingerprint density at radius 1 is 1.27 bits per heavy atom. The number of hydrogen-bond donors (Lipinski definition) is 5. The topological polar surface area (TPSA) is 170 Å². The third kappa shape index (κ3) is 7.42. The van der Waals surface area contributed by atoms with E-state index in [1.54, 1.807) is 0 Å². The average Bonchev–Trinajstić information content (AvgIpc) is 2.87. The number of ether oxygens (including phenoxy) is 2. The normalized spacial score (nSPS) is 22.4. The van der Waals surface area contributed by atoms with Crippen LogP contribution in [0.15, 0.2) is 53.9 Å². The van der Waals surface area contributed by atoms with Crippen LogP contribution in [0.1, 0.15) is 12.0 Å². The van der Waals surface area contributed by atoms with E-state index >= 15 is 0 Å². The number of methoxy groups -OCH3 is 1. The third-order valence-corrected chi connectivity index (χ3v) is 6.01. The Hall–Kier alpha value is -3.66. The molecule has 0 spiro atoms. The maximum atomic E-state index is 12.6. The maximum Gasteiger partial charge on any atom is 0.262 e. The fourth-order valence-corrected chi connectivity index (χ4v) is 3.95. The highest BCUT2D eigenvalue weighted by molar-refractivity contribution is 6.02. The number of nitrogens with one attached hydrogen (secondary N) is 1. The van der Waals surface area contributed by atoms with Gasteiger partial charge in [0.25, 0.3) is 5.91 Å². The Balaban J connectivity index is 1.60. The molecule has 1 amide bonds. The van der Waals surface area contributed by atoms with Crippen LogP contribution < -0.4 is 21.8 Å². The van der Waals surface area contributed by atoms with Gasteiger partial charge in [-0.3, -0.25) is 4.79 Å². The molecule has 0 radical (unpaired) electrons. The number of fused-ring (bicyclic) bond motifs is 1.